The quantitative estimate of drug-likeness (QED) is 0.408. The first-order valence-electron chi connectivity index (χ1n) is 6.31. The highest BCUT2D eigenvalue weighted by Crippen LogP contribution is 2.33. The number of nitrogens with one attached hydrogen (secondary N) is 1. The van der Waals surface area contributed by atoms with Crippen LogP contribution in [0.5, 0.6) is 0 Å². The number of aromatic nitrogens is 1. The van der Waals surface area contributed by atoms with E-state index in [0.29, 0.717) is 0 Å². The smallest absolute Gasteiger partial charge is 0.270 e. The highest BCUT2D eigenvalue weighted by atomic mass is 16.6. The summed E-state index contributed by atoms with van der Waals surface area (Å²) in [5.74, 6) is 0. The highest BCUT2D eigenvalue weighted by molar-refractivity contribution is 6.20. The molecule has 1 N–H and O–H groups in total. The van der Waals surface area contributed by atoms with Gasteiger partial charge in [-0.15, -0.1) is 0 Å². The number of hydrogen-bond acceptors (Lipinski definition) is 2. The summed E-state index contributed by atoms with van der Waals surface area (Å²) in [5.41, 5.74) is 2.03. The topological polar surface area (TPSA) is 58.9 Å². The standard InChI is InChI=1S/C16H10N2O2/c19-18(20)11-6-8-14-13(9-11)16-12-4-2-1-3-10(12)5-7-15(16)17-14/h1-9,17H. The number of nitrogens with zero attached hydrogens (tertiary/aromatic N) is 1. The number of aromatic amines is 1. The lowest BCUT2D eigenvalue weighted by Crippen LogP contribution is -1.86. The fourth-order valence-electron chi connectivity index (χ4n) is 2.77. The van der Waals surface area contributed by atoms with E-state index >= 15 is 0 Å². The lowest BCUT2D eigenvalue weighted by molar-refractivity contribution is -0.384. The van der Waals surface area contributed by atoms with Gasteiger partial charge in [-0.2, -0.15) is 0 Å². The number of H-pyrrole nitrogens is 1. The Bertz CT molecular complexity index is 986. The Labute approximate surface area is 113 Å². The summed E-state index contributed by atoms with van der Waals surface area (Å²) in [5, 5.41) is 15.1. The van der Waals surface area contributed by atoms with Crippen molar-refractivity contribution in [1.82, 2.24) is 4.98 Å². The molecule has 0 aliphatic carbocycles. The van der Waals surface area contributed by atoms with Gasteiger partial charge in [0.1, 0.15) is 0 Å². The first-order chi connectivity index (χ1) is 9.74. The maximum absolute atomic E-state index is 11.0. The minimum atomic E-state index is -0.358. The molecule has 4 rings (SSSR count). The van der Waals surface area contributed by atoms with Crippen molar-refractivity contribution in [3.05, 3.63) is 64.7 Å². The fourth-order valence-corrected chi connectivity index (χ4v) is 2.77. The molecule has 0 saturated carbocycles. The predicted molar refractivity (Wildman–Crippen MR) is 80.0 cm³/mol. The van der Waals surface area contributed by atoms with E-state index < -0.39 is 0 Å². The Morgan fingerprint density at radius 3 is 2.55 bits per heavy atom. The molecule has 0 fully saturated rings. The molecule has 3 aromatic carbocycles. The van der Waals surface area contributed by atoms with Crippen LogP contribution in [0, 0.1) is 10.1 Å². The van der Waals surface area contributed by atoms with Gasteiger partial charge in [0.2, 0.25) is 0 Å². The number of nitro groups is 1. The average molecular weight is 262 g/mol. The number of rotatable bonds is 1. The molecule has 0 radical (unpaired) electrons. The van der Waals surface area contributed by atoms with Crippen molar-refractivity contribution in [2.45, 2.75) is 0 Å². The van der Waals surface area contributed by atoms with Crippen LogP contribution in [0.25, 0.3) is 32.6 Å². The molecule has 0 aliphatic heterocycles. The Balaban J connectivity index is 2.25. The molecule has 1 aromatic heterocycles. The van der Waals surface area contributed by atoms with Crippen LogP contribution in [0.3, 0.4) is 0 Å². The number of fused-ring (bicyclic) bond motifs is 5. The maximum atomic E-state index is 11.0. The van der Waals surface area contributed by atoms with Gasteiger partial charge in [-0.05, 0) is 22.9 Å². The third-order valence-corrected chi connectivity index (χ3v) is 3.68. The number of hydrogen-bond donors (Lipinski definition) is 1. The maximum Gasteiger partial charge on any atom is 0.270 e. The predicted octanol–water partition coefficient (Wildman–Crippen LogP) is 4.38. The lowest BCUT2D eigenvalue weighted by atomic mass is 10.0. The molecule has 0 spiro atoms. The molecule has 0 aliphatic rings. The molecule has 4 aromatic rings. The minimum absolute atomic E-state index is 0.117. The van der Waals surface area contributed by atoms with Crippen molar-refractivity contribution < 1.29 is 4.92 Å². The molecule has 0 unspecified atom stereocenters. The van der Waals surface area contributed by atoms with Gasteiger partial charge in [0.15, 0.2) is 0 Å². The monoisotopic (exact) mass is 262 g/mol. The van der Waals surface area contributed by atoms with Crippen LogP contribution in [0.1, 0.15) is 0 Å². The zero-order valence-corrected chi connectivity index (χ0v) is 10.5. The minimum Gasteiger partial charge on any atom is -0.354 e. The van der Waals surface area contributed by atoms with Crippen LogP contribution < -0.4 is 0 Å². The molecule has 4 heteroatoms. The zero-order valence-electron chi connectivity index (χ0n) is 10.5. The van der Waals surface area contributed by atoms with Crippen LogP contribution in [0.15, 0.2) is 54.6 Å². The van der Waals surface area contributed by atoms with E-state index in [0.717, 1.165) is 32.6 Å². The summed E-state index contributed by atoms with van der Waals surface area (Å²) in [6.45, 7) is 0. The third kappa shape index (κ3) is 1.42. The normalized spacial score (nSPS) is 11.4. The van der Waals surface area contributed by atoms with E-state index in [9.17, 15) is 10.1 Å². The van der Waals surface area contributed by atoms with Gasteiger partial charge in [0.25, 0.3) is 5.69 Å². The fraction of sp³-hybridized carbons (Fsp3) is 0. The lowest BCUT2D eigenvalue weighted by Gasteiger charge is -1.99. The second-order valence-corrected chi connectivity index (χ2v) is 4.82. The van der Waals surface area contributed by atoms with Gasteiger partial charge in [0.05, 0.1) is 4.92 Å². The van der Waals surface area contributed by atoms with Crippen LogP contribution >= 0.6 is 0 Å². The van der Waals surface area contributed by atoms with Crippen LogP contribution in [-0.2, 0) is 0 Å². The van der Waals surface area contributed by atoms with Crippen molar-refractivity contribution in [2.24, 2.45) is 0 Å². The van der Waals surface area contributed by atoms with Crippen molar-refractivity contribution >= 4 is 38.3 Å². The van der Waals surface area contributed by atoms with E-state index in [2.05, 4.69) is 11.1 Å². The summed E-state index contributed by atoms with van der Waals surface area (Å²) in [7, 11) is 0. The van der Waals surface area contributed by atoms with E-state index in [4.69, 9.17) is 0 Å². The Hall–Kier alpha value is -2.88. The van der Waals surface area contributed by atoms with Gasteiger partial charge in [-0.1, -0.05) is 30.3 Å². The van der Waals surface area contributed by atoms with E-state index in [1.54, 1.807) is 12.1 Å². The van der Waals surface area contributed by atoms with Crippen molar-refractivity contribution in [2.75, 3.05) is 0 Å². The van der Waals surface area contributed by atoms with E-state index in [1.807, 2.05) is 30.3 Å². The Morgan fingerprint density at radius 1 is 0.900 bits per heavy atom. The molecule has 1 heterocycles. The van der Waals surface area contributed by atoms with Crippen molar-refractivity contribution in [1.29, 1.82) is 0 Å². The van der Waals surface area contributed by atoms with Crippen LogP contribution in [-0.4, -0.2) is 9.91 Å². The number of nitro benzene ring substituents is 1. The Kier molecular flexibility index (Phi) is 2.09. The molecule has 0 amide bonds. The van der Waals surface area contributed by atoms with E-state index in [-0.39, 0.29) is 10.6 Å². The summed E-state index contributed by atoms with van der Waals surface area (Å²) < 4.78 is 0. The number of non-ortho nitro benzene ring substituents is 1. The SMILES string of the molecule is O=[N+]([O-])c1ccc2[nH]c3ccc4ccccc4c3c2c1. The molecule has 96 valence electrons. The highest BCUT2D eigenvalue weighted by Gasteiger charge is 2.12. The molecule has 0 saturated heterocycles. The van der Waals surface area contributed by atoms with Gasteiger partial charge >= 0.3 is 0 Å². The van der Waals surface area contributed by atoms with Gasteiger partial charge in [-0.3, -0.25) is 10.1 Å². The summed E-state index contributed by atoms with van der Waals surface area (Å²) in [6, 6.07) is 17.1. The van der Waals surface area contributed by atoms with Crippen LogP contribution in [0.4, 0.5) is 5.69 Å². The van der Waals surface area contributed by atoms with Gasteiger partial charge in [-0.25, -0.2) is 0 Å². The van der Waals surface area contributed by atoms with Gasteiger partial charge < -0.3 is 4.98 Å². The van der Waals surface area contributed by atoms with E-state index in [1.165, 1.54) is 6.07 Å². The molecule has 20 heavy (non-hydrogen) atoms. The average Bonchev–Trinajstić information content (AvgIpc) is 2.85. The molecule has 4 nitrogen and oxygen atoms in total. The zero-order chi connectivity index (χ0) is 13.7. The molecule has 0 atom stereocenters. The number of benzene rings is 3. The van der Waals surface area contributed by atoms with Crippen LogP contribution in [0.2, 0.25) is 0 Å². The first kappa shape index (κ1) is 11.0. The largest absolute Gasteiger partial charge is 0.354 e. The first-order valence-corrected chi connectivity index (χ1v) is 6.31. The molecule has 0 bridgehead atoms. The summed E-state index contributed by atoms with van der Waals surface area (Å²) >= 11 is 0. The third-order valence-electron chi connectivity index (χ3n) is 3.68. The second kappa shape index (κ2) is 3.81. The van der Waals surface area contributed by atoms with Gasteiger partial charge in [0, 0.05) is 33.9 Å². The molecular weight excluding hydrogens is 252 g/mol. The summed E-state index contributed by atoms with van der Waals surface area (Å²) in [4.78, 5) is 13.9. The second-order valence-electron chi connectivity index (χ2n) is 4.82. The van der Waals surface area contributed by atoms with Crippen molar-refractivity contribution in [3.63, 3.8) is 0 Å². The van der Waals surface area contributed by atoms with Crippen molar-refractivity contribution in [3.8, 4) is 0 Å². The Morgan fingerprint density at radius 2 is 1.70 bits per heavy atom. The molecular formula is C16H10N2O2. The summed E-state index contributed by atoms with van der Waals surface area (Å²) in [6.07, 6.45) is 0.